The van der Waals surface area contributed by atoms with Gasteiger partial charge >= 0.3 is 0 Å². The van der Waals surface area contributed by atoms with Gasteiger partial charge in [0.1, 0.15) is 18.1 Å². The van der Waals surface area contributed by atoms with Crippen LogP contribution in [0.1, 0.15) is 17.5 Å². The Labute approximate surface area is 163 Å². The van der Waals surface area contributed by atoms with Crippen LogP contribution in [0.3, 0.4) is 0 Å². The van der Waals surface area contributed by atoms with Crippen molar-refractivity contribution in [1.29, 1.82) is 0 Å². The molecule has 0 atom stereocenters. The van der Waals surface area contributed by atoms with Gasteiger partial charge in [-0.3, -0.25) is 9.59 Å². The molecule has 0 spiro atoms. The van der Waals surface area contributed by atoms with E-state index in [0.29, 0.717) is 30.9 Å². The van der Waals surface area contributed by atoms with Gasteiger partial charge in [0.05, 0.1) is 13.7 Å². The van der Waals surface area contributed by atoms with Crippen molar-refractivity contribution in [2.75, 3.05) is 20.3 Å². The molecule has 146 valence electrons. The number of carbonyl (C=O) groups is 1. The highest BCUT2D eigenvalue weighted by Crippen LogP contribution is 2.17. The van der Waals surface area contributed by atoms with Crippen molar-refractivity contribution >= 4 is 16.8 Å². The van der Waals surface area contributed by atoms with E-state index in [2.05, 4.69) is 10.3 Å². The maximum atomic E-state index is 12.2. The molecular formula is C22H24N2O4. The summed E-state index contributed by atoms with van der Waals surface area (Å²) in [6, 6.07) is 15.0. The molecule has 6 heteroatoms. The molecule has 0 bridgehead atoms. The van der Waals surface area contributed by atoms with Gasteiger partial charge in [-0.05, 0) is 61.2 Å². The summed E-state index contributed by atoms with van der Waals surface area (Å²) in [7, 11) is 1.61. The minimum Gasteiger partial charge on any atom is -0.497 e. The lowest BCUT2D eigenvalue weighted by atomic mass is 10.1. The summed E-state index contributed by atoms with van der Waals surface area (Å²) in [5.74, 6) is 1.37. The number of nitrogens with one attached hydrogen (secondary N) is 2. The Hall–Kier alpha value is -3.28. The minimum absolute atomic E-state index is 0.109. The van der Waals surface area contributed by atoms with Gasteiger partial charge in [-0.15, -0.1) is 0 Å². The summed E-state index contributed by atoms with van der Waals surface area (Å²) in [4.78, 5) is 27.1. The lowest BCUT2D eigenvalue weighted by Crippen LogP contribution is -2.28. The number of H-pyrrole nitrogens is 1. The number of fused-ring (bicyclic) bond motifs is 1. The van der Waals surface area contributed by atoms with Gasteiger partial charge < -0.3 is 19.8 Å². The summed E-state index contributed by atoms with van der Waals surface area (Å²) in [5, 5.41) is 3.79. The number of rotatable bonds is 8. The molecule has 0 unspecified atom stereocenters. The summed E-state index contributed by atoms with van der Waals surface area (Å²) in [6.45, 7) is 2.78. The first-order valence-electron chi connectivity index (χ1n) is 9.21. The van der Waals surface area contributed by atoms with Crippen LogP contribution in [0, 0.1) is 6.92 Å². The first kappa shape index (κ1) is 19.5. The van der Waals surface area contributed by atoms with Crippen molar-refractivity contribution in [3.8, 4) is 11.5 Å². The maximum absolute atomic E-state index is 12.2. The van der Waals surface area contributed by atoms with Gasteiger partial charge in [0.2, 0.25) is 5.91 Å². The van der Waals surface area contributed by atoms with Crippen LogP contribution in [0.15, 0.2) is 53.3 Å². The first-order chi connectivity index (χ1) is 13.5. The highest BCUT2D eigenvalue weighted by atomic mass is 16.5. The first-order valence-corrected chi connectivity index (χ1v) is 9.21. The Balaban J connectivity index is 1.45. The minimum atomic E-state index is -0.146. The Morgan fingerprint density at radius 1 is 1.07 bits per heavy atom. The zero-order valence-corrected chi connectivity index (χ0v) is 16.1. The zero-order chi connectivity index (χ0) is 19.9. The average Bonchev–Trinajstić information content (AvgIpc) is 2.70. The lowest BCUT2D eigenvalue weighted by Gasteiger charge is -2.09. The number of aromatic amines is 1. The maximum Gasteiger partial charge on any atom is 0.251 e. The predicted octanol–water partition coefficient (Wildman–Crippen LogP) is 2.97. The molecule has 0 saturated heterocycles. The summed E-state index contributed by atoms with van der Waals surface area (Å²) in [6.07, 6.45) is 0.646. The third-order valence-electron chi connectivity index (χ3n) is 4.45. The number of hydrogen-bond acceptors (Lipinski definition) is 4. The number of methoxy groups -OCH3 is 1. The molecule has 1 aromatic heterocycles. The fourth-order valence-electron chi connectivity index (χ4n) is 2.92. The van der Waals surface area contributed by atoms with E-state index >= 15 is 0 Å². The highest BCUT2D eigenvalue weighted by molar-refractivity contribution is 5.80. The normalized spacial score (nSPS) is 10.6. The van der Waals surface area contributed by atoms with E-state index in [-0.39, 0.29) is 17.9 Å². The molecule has 1 amide bonds. The Kier molecular flexibility index (Phi) is 6.32. The molecule has 0 fully saturated rings. The van der Waals surface area contributed by atoms with Crippen LogP contribution in [0.2, 0.25) is 0 Å². The van der Waals surface area contributed by atoms with Gasteiger partial charge in [0.15, 0.2) is 0 Å². The van der Waals surface area contributed by atoms with E-state index in [1.165, 1.54) is 0 Å². The number of benzene rings is 2. The largest absolute Gasteiger partial charge is 0.497 e. The third kappa shape index (κ3) is 5.13. The van der Waals surface area contributed by atoms with E-state index in [1.807, 2.05) is 55.5 Å². The quantitative estimate of drug-likeness (QED) is 0.589. The standard InChI is InChI=1S/C22H24N2O4/c1-15-3-9-20-17(13-15)14-16(22(26)24-20)4-10-21(25)23-11-12-28-19-7-5-18(27-2)6-8-19/h3,5-9,13-14H,4,10-12H2,1-2H3,(H,23,25)(H,24,26). The number of aryl methyl sites for hydroxylation is 2. The number of amides is 1. The molecule has 0 aliphatic rings. The second-order valence-corrected chi connectivity index (χ2v) is 6.59. The number of carbonyl (C=O) groups excluding carboxylic acids is 1. The molecule has 3 rings (SSSR count). The molecule has 1 heterocycles. The molecule has 6 nitrogen and oxygen atoms in total. The van der Waals surface area contributed by atoms with Crippen LogP contribution in [-0.2, 0) is 11.2 Å². The number of ether oxygens (including phenoxy) is 2. The van der Waals surface area contributed by atoms with Crippen molar-refractivity contribution in [3.05, 3.63) is 70.0 Å². The number of aromatic nitrogens is 1. The smallest absolute Gasteiger partial charge is 0.251 e. The molecule has 3 aromatic rings. The predicted molar refractivity (Wildman–Crippen MR) is 109 cm³/mol. The van der Waals surface area contributed by atoms with Gasteiger partial charge in [0.25, 0.3) is 5.56 Å². The number of pyridine rings is 1. The van der Waals surface area contributed by atoms with Crippen molar-refractivity contribution in [3.63, 3.8) is 0 Å². The fourth-order valence-corrected chi connectivity index (χ4v) is 2.92. The summed E-state index contributed by atoms with van der Waals surface area (Å²) >= 11 is 0. The van der Waals surface area contributed by atoms with Crippen molar-refractivity contribution < 1.29 is 14.3 Å². The fraction of sp³-hybridized carbons (Fsp3) is 0.273. The van der Waals surface area contributed by atoms with Crippen molar-refractivity contribution in [1.82, 2.24) is 10.3 Å². The van der Waals surface area contributed by atoms with Gasteiger partial charge in [-0.1, -0.05) is 11.6 Å². The topological polar surface area (TPSA) is 80.4 Å². The van der Waals surface area contributed by atoms with Crippen LogP contribution in [0.4, 0.5) is 0 Å². The Bertz CT molecular complexity index is 1010. The second-order valence-electron chi connectivity index (χ2n) is 6.59. The monoisotopic (exact) mass is 380 g/mol. The van der Waals surface area contributed by atoms with Gasteiger partial charge in [0, 0.05) is 17.5 Å². The zero-order valence-electron chi connectivity index (χ0n) is 16.1. The second kappa shape index (κ2) is 9.08. The molecule has 2 aromatic carbocycles. The van der Waals surface area contributed by atoms with Crippen LogP contribution in [0.25, 0.3) is 10.9 Å². The third-order valence-corrected chi connectivity index (χ3v) is 4.45. The van der Waals surface area contributed by atoms with E-state index in [9.17, 15) is 9.59 Å². The van der Waals surface area contributed by atoms with E-state index in [1.54, 1.807) is 7.11 Å². The Morgan fingerprint density at radius 3 is 2.57 bits per heavy atom. The van der Waals surface area contributed by atoms with Gasteiger partial charge in [-0.25, -0.2) is 0 Å². The molecule has 28 heavy (non-hydrogen) atoms. The van der Waals surface area contributed by atoms with Crippen molar-refractivity contribution in [2.45, 2.75) is 19.8 Å². The van der Waals surface area contributed by atoms with Crippen LogP contribution >= 0.6 is 0 Å². The van der Waals surface area contributed by atoms with Crippen LogP contribution in [0.5, 0.6) is 11.5 Å². The molecule has 0 aliphatic heterocycles. The van der Waals surface area contributed by atoms with E-state index in [4.69, 9.17) is 9.47 Å². The number of hydrogen-bond donors (Lipinski definition) is 2. The summed E-state index contributed by atoms with van der Waals surface area (Å²) < 4.78 is 10.7. The Morgan fingerprint density at radius 2 is 1.82 bits per heavy atom. The average molecular weight is 380 g/mol. The van der Waals surface area contributed by atoms with Crippen LogP contribution < -0.4 is 20.3 Å². The van der Waals surface area contributed by atoms with E-state index in [0.717, 1.165) is 22.2 Å². The summed E-state index contributed by atoms with van der Waals surface area (Å²) in [5.41, 5.74) is 2.40. The molecule has 0 saturated carbocycles. The molecule has 0 aliphatic carbocycles. The van der Waals surface area contributed by atoms with Crippen LogP contribution in [-0.4, -0.2) is 31.2 Å². The molecule has 2 N–H and O–H groups in total. The highest BCUT2D eigenvalue weighted by Gasteiger charge is 2.07. The molecule has 0 radical (unpaired) electrons. The SMILES string of the molecule is COc1ccc(OCCNC(=O)CCc2cc3cc(C)ccc3[nH]c2=O)cc1. The lowest BCUT2D eigenvalue weighted by molar-refractivity contribution is -0.121. The van der Waals surface area contributed by atoms with Crippen molar-refractivity contribution in [2.24, 2.45) is 0 Å². The van der Waals surface area contributed by atoms with E-state index < -0.39 is 0 Å². The van der Waals surface area contributed by atoms with Gasteiger partial charge in [-0.2, -0.15) is 0 Å². The molecular weight excluding hydrogens is 356 g/mol.